The van der Waals surface area contributed by atoms with Crippen LogP contribution in [0.15, 0.2) is 28.9 Å². The summed E-state index contributed by atoms with van der Waals surface area (Å²) in [5, 5.41) is 8.99. The molecule has 7 nitrogen and oxygen atoms in total. The Labute approximate surface area is 150 Å². The van der Waals surface area contributed by atoms with Gasteiger partial charge < -0.3 is 4.42 Å². The van der Waals surface area contributed by atoms with Crippen molar-refractivity contribution in [3.8, 4) is 11.6 Å². The first-order chi connectivity index (χ1) is 12.5. The molecular weight excluding hydrogens is 328 g/mol. The largest absolute Gasteiger partial charge is 0.416 e. The Morgan fingerprint density at radius 2 is 1.96 bits per heavy atom. The Balaban J connectivity index is 1.49. The van der Waals surface area contributed by atoms with Gasteiger partial charge in [-0.05, 0) is 49.4 Å². The highest BCUT2D eigenvalue weighted by molar-refractivity contribution is 5.75. The Morgan fingerprint density at radius 3 is 2.73 bits per heavy atom. The van der Waals surface area contributed by atoms with Crippen LogP contribution in [0.2, 0.25) is 0 Å². The van der Waals surface area contributed by atoms with E-state index in [4.69, 9.17) is 9.52 Å². The number of hydrogen-bond acceptors (Lipinski definition) is 5. The number of aromatic nitrogens is 6. The molecule has 1 saturated carbocycles. The Kier molecular flexibility index (Phi) is 3.10. The summed E-state index contributed by atoms with van der Waals surface area (Å²) >= 11 is 0. The predicted molar refractivity (Wildman–Crippen MR) is 96.8 cm³/mol. The smallest absolute Gasteiger partial charge is 0.247 e. The number of rotatable bonds is 3. The summed E-state index contributed by atoms with van der Waals surface area (Å²) < 4.78 is 9.63. The first-order valence-corrected chi connectivity index (χ1v) is 8.77. The van der Waals surface area contributed by atoms with E-state index in [0.29, 0.717) is 23.4 Å². The van der Waals surface area contributed by atoms with Gasteiger partial charge in [-0.15, -0.1) is 0 Å². The molecule has 0 saturated heterocycles. The zero-order chi connectivity index (χ0) is 18.0. The lowest BCUT2D eigenvalue weighted by Crippen LogP contribution is -1.94. The average molecular weight is 348 g/mol. The first kappa shape index (κ1) is 15.3. The topological polar surface area (TPSA) is 74.6 Å². The number of pyridine rings is 1. The van der Waals surface area contributed by atoms with Crippen molar-refractivity contribution in [3.63, 3.8) is 0 Å². The minimum Gasteiger partial charge on any atom is -0.416 e. The molecule has 4 heterocycles. The van der Waals surface area contributed by atoms with Crippen molar-refractivity contribution in [2.75, 3.05) is 0 Å². The van der Waals surface area contributed by atoms with E-state index in [2.05, 4.69) is 27.3 Å². The molecule has 2 atom stereocenters. The summed E-state index contributed by atoms with van der Waals surface area (Å²) in [4.78, 5) is 9.11. The third-order valence-electron chi connectivity index (χ3n) is 5.13. The van der Waals surface area contributed by atoms with Gasteiger partial charge in [-0.1, -0.05) is 0 Å². The molecule has 132 valence electrons. The van der Waals surface area contributed by atoms with E-state index in [1.807, 2.05) is 49.6 Å². The van der Waals surface area contributed by atoms with Gasteiger partial charge in [0.1, 0.15) is 11.2 Å². The SMILES string of the molecule is Cc1cc(C)c2nc(-c3cc(C4CC4c4cnn(C)c4)nn3C)oc2n1. The van der Waals surface area contributed by atoms with Crippen molar-refractivity contribution in [2.24, 2.45) is 14.1 Å². The second-order valence-electron chi connectivity index (χ2n) is 7.23. The molecule has 1 fully saturated rings. The maximum Gasteiger partial charge on any atom is 0.247 e. The van der Waals surface area contributed by atoms with Crippen LogP contribution < -0.4 is 0 Å². The van der Waals surface area contributed by atoms with Crippen LogP contribution in [0.4, 0.5) is 0 Å². The van der Waals surface area contributed by atoms with E-state index < -0.39 is 0 Å². The molecule has 0 N–H and O–H groups in total. The monoisotopic (exact) mass is 348 g/mol. The number of fused-ring (bicyclic) bond motifs is 1. The maximum absolute atomic E-state index is 5.93. The van der Waals surface area contributed by atoms with Crippen molar-refractivity contribution in [2.45, 2.75) is 32.1 Å². The fraction of sp³-hybridized carbons (Fsp3) is 0.368. The lowest BCUT2D eigenvalue weighted by Gasteiger charge is -1.94. The third-order valence-corrected chi connectivity index (χ3v) is 5.13. The number of oxazole rings is 1. The lowest BCUT2D eigenvalue weighted by molar-refractivity contribution is 0.594. The van der Waals surface area contributed by atoms with E-state index >= 15 is 0 Å². The summed E-state index contributed by atoms with van der Waals surface area (Å²) in [5.74, 6) is 1.51. The molecule has 0 bridgehead atoms. The third kappa shape index (κ3) is 2.34. The summed E-state index contributed by atoms with van der Waals surface area (Å²) in [6.45, 7) is 3.99. The molecule has 0 spiro atoms. The van der Waals surface area contributed by atoms with Crippen molar-refractivity contribution >= 4 is 11.2 Å². The van der Waals surface area contributed by atoms with Gasteiger partial charge in [0.2, 0.25) is 11.6 Å². The molecule has 0 amide bonds. The Morgan fingerprint density at radius 1 is 1.12 bits per heavy atom. The van der Waals surface area contributed by atoms with Gasteiger partial charge >= 0.3 is 0 Å². The molecule has 0 radical (unpaired) electrons. The van der Waals surface area contributed by atoms with Crippen molar-refractivity contribution < 1.29 is 4.42 Å². The first-order valence-electron chi connectivity index (χ1n) is 8.77. The molecule has 26 heavy (non-hydrogen) atoms. The highest BCUT2D eigenvalue weighted by Gasteiger charge is 2.42. The van der Waals surface area contributed by atoms with Gasteiger partial charge in [0.05, 0.1) is 11.9 Å². The van der Waals surface area contributed by atoms with Crippen LogP contribution in [0, 0.1) is 13.8 Å². The molecule has 0 aromatic carbocycles. The minimum atomic E-state index is 0.436. The van der Waals surface area contributed by atoms with Crippen LogP contribution >= 0.6 is 0 Å². The van der Waals surface area contributed by atoms with E-state index in [9.17, 15) is 0 Å². The van der Waals surface area contributed by atoms with Crippen molar-refractivity contribution in [3.05, 3.63) is 47.0 Å². The molecule has 1 aliphatic rings. The van der Waals surface area contributed by atoms with Crippen LogP contribution in [-0.2, 0) is 14.1 Å². The van der Waals surface area contributed by atoms with E-state index in [0.717, 1.165) is 34.6 Å². The lowest BCUT2D eigenvalue weighted by atomic mass is 10.1. The van der Waals surface area contributed by atoms with Crippen LogP contribution in [-0.4, -0.2) is 29.5 Å². The molecule has 7 heteroatoms. The average Bonchev–Trinajstić information content (AvgIpc) is 2.90. The molecule has 2 unspecified atom stereocenters. The molecular formula is C19H20N6O. The molecule has 0 aliphatic heterocycles. The van der Waals surface area contributed by atoms with Crippen molar-refractivity contribution in [1.29, 1.82) is 0 Å². The zero-order valence-corrected chi connectivity index (χ0v) is 15.3. The van der Waals surface area contributed by atoms with Crippen LogP contribution in [0.1, 0.15) is 40.8 Å². The fourth-order valence-corrected chi connectivity index (χ4v) is 3.72. The molecule has 4 aromatic heterocycles. The van der Waals surface area contributed by atoms with Gasteiger partial charge in [0.25, 0.3) is 0 Å². The normalized spacial score (nSPS) is 19.4. The second kappa shape index (κ2) is 5.27. The maximum atomic E-state index is 5.93. The molecule has 5 rings (SSSR count). The molecule has 1 aliphatic carbocycles. The zero-order valence-electron chi connectivity index (χ0n) is 15.3. The highest BCUT2D eigenvalue weighted by Crippen LogP contribution is 2.54. The van der Waals surface area contributed by atoms with Crippen molar-refractivity contribution in [1.82, 2.24) is 29.5 Å². The minimum absolute atomic E-state index is 0.436. The standard InChI is InChI=1S/C19H20N6O/c1-10-5-11(2)21-19-17(10)22-18(26-19)16-7-15(23-25(16)4)14-6-13(14)12-8-20-24(3)9-12/h5,7-9,13-14H,6H2,1-4H3. The number of nitrogens with zero attached hydrogens (tertiary/aromatic N) is 6. The van der Waals surface area contributed by atoms with Crippen LogP contribution in [0.25, 0.3) is 22.8 Å². The van der Waals surface area contributed by atoms with E-state index in [1.165, 1.54) is 5.56 Å². The Hall–Kier alpha value is -2.96. The summed E-state index contributed by atoms with van der Waals surface area (Å²) in [6.07, 6.45) is 5.15. The summed E-state index contributed by atoms with van der Waals surface area (Å²) in [5.41, 5.74) is 6.64. The fourth-order valence-electron chi connectivity index (χ4n) is 3.72. The van der Waals surface area contributed by atoms with Gasteiger partial charge in [0, 0.05) is 31.9 Å². The van der Waals surface area contributed by atoms with Gasteiger partial charge in [-0.25, -0.2) is 9.97 Å². The van der Waals surface area contributed by atoms with Gasteiger partial charge in [-0.3, -0.25) is 9.36 Å². The predicted octanol–water partition coefficient (Wildman–Crippen LogP) is 3.24. The van der Waals surface area contributed by atoms with Gasteiger partial charge in [0.15, 0.2) is 0 Å². The van der Waals surface area contributed by atoms with E-state index in [-0.39, 0.29) is 0 Å². The van der Waals surface area contributed by atoms with Crippen LogP contribution in [0.5, 0.6) is 0 Å². The second-order valence-corrected chi connectivity index (χ2v) is 7.23. The summed E-state index contributed by atoms with van der Waals surface area (Å²) in [7, 11) is 3.88. The number of hydrogen-bond donors (Lipinski definition) is 0. The quantitative estimate of drug-likeness (QED) is 0.568. The highest BCUT2D eigenvalue weighted by atomic mass is 16.4. The number of aryl methyl sites for hydroxylation is 4. The van der Waals surface area contributed by atoms with Gasteiger partial charge in [-0.2, -0.15) is 10.2 Å². The molecule has 4 aromatic rings. The summed E-state index contributed by atoms with van der Waals surface area (Å²) in [6, 6.07) is 4.11. The Bertz CT molecular complexity index is 1130. The van der Waals surface area contributed by atoms with E-state index in [1.54, 1.807) is 0 Å². The van der Waals surface area contributed by atoms with Crippen LogP contribution in [0.3, 0.4) is 0 Å².